The van der Waals surface area contributed by atoms with E-state index >= 15 is 0 Å². The molecule has 1 aromatic rings. The fraction of sp³-hybridized carbons (Fsp3) is 0.588. The molecule has 0 saturated heterocycles. The van der Waals surface area contributed by atoms with Gasteiger partial charge in [-0.2, -0.15) is 8.78 Å². The summed E-state index contributed by atoms with van der Waals surface area (Å²) in [6, 6.07) is 2.94. The minimum atomic E-state index is -2.96. The molecule has 1 aromatic carbocycles. The Morgan fingerprint density at radius 2 is 1.92 bits per heavy atom. The number of hydrogen-bond donors (Lipinski definition) is 1. The molecule has 2 rings (SSSR count). The van der Waals surface area contributed by atoms with Crippen molar-refractivity contribution in [3.63, 3.8) is 0 Å². The summed E-state index contributed by atoms with van der Waals surface area (Å²) < 4.78 is 40.3. The van der Waals surface area contributed by atoms with Crippen LogP contribution in [0.5, 0.6) is 17.2 Å². The molecule has 1 amide bonds. The van der Waals surface area contributed by atoms with Gasteiger partial charge in [0.25, 0.3) is 0 Å². The van der Waals surface area contributed by atoms with Crippen LogP contribution in [0.1, 0.15) is 37.7 Å². The van der Waals surface area contributed by atoms with Gasteiger partial charge in [-0.1, -0.05) is 12.8 Å². The predicted octanol–water partition coefficient (Wildman–Crippen LogP) is 2.88. The largest absolute Gasteiger partial charge is 0.454 e. The van der Waals surface area contributed by atoms with Crippen molar-refractivity contribution >= 4 is 5.91 Å². The fourth-order valence-corrected chi connectivity index (χ4v) is 2.60. The minimum absolute atomic E-state index is 0.0122. The third kappa shape index (κ3) is 5.74. The SMILES string of the molecule is CN(Cc1cc2c(cc1OC(F)F)OCO2)C(=O)CCCCCCN. The summed E-state index contributed by atoms with van der Waals surface area (Å²) >= 11 is 0. The highest BCUT2D eigenvalue weighted by Gasteiger charge is 2.21. The van der Waals surface area contributed by atoms with E-state index in [4.69, 9.17) is 15.2 Å². The van der Waals surface area contributed by atoms with E-state index in [1.807, 2.05) is 0 Å². The molecule has 0 unspecified atom stereocenters. The van der Waals surface area contributed by atoms with Crippen molar-refractivity contribution in [1.82, 2.24) is 4.90 Å². The number of carbonyl (C=O) groups excluding carboxylic acids is 1. The number of alkyl halides is 2. The highest BCUT2D eigenvalue weighted by molar-refractivity contribution is 5.76. The van der Waals surface area contributed by atoms with Crippen LogP contribution in [0.25, 0.3) is 0 Å². The molecule has 0 fully saturated rings. The molecule has 0 aliphatic carbocycles. The zero-order valence-corrected chi connectivity index (χ0v) is 14.3. The van der Waals surface area contributed by atoms with Crippen LogP contribution in [0.4, 0.5) is 8.78 Å². The molecule has 0 spiro atoms. The number of unbranched alkanes of at least 4 members (excludes halogenated alkanes) is 3. The highest BCUT2D eigenvalue weighted by atomic mass is 19.3. The maximum absolute atomic E-state index is 12.6. The lowest BCUT2D eigenvalue weighted by Crippen LogP contribution is -2.26. The van der Waals surface area contributed by atoms with E-state index in [2.05, 4.69) is 4.74 Å². The number of hydrogen-bond acceptors (Lipinski definition) is 5. The summed E-state index contributed by atoms with van der Waals surface area (Å²) in [5.41, 5.74) is 5.88. The van der Waals surface area contributed by atoms with E-state index < -0.39 is 6.61 Å². The van der Waals surface area contributed by atoms with Crippen LogP contribution in [0.15, 0.2) is 12.1 Å². The Morgan fingerprint density at radius 3 is 2.60 bits per heavy atom. The summed E-state index contributed by atoms with van der Waals surface area (Å²) in [6.07, 6.45) is 4.10. The van der Waals surface area contributed by atoms with Crippen molar-refractivity contribution in [2.24, 2.45) is 5.73 Å². The van der Waals surface area contributed by atoms with Crippen molar-refractivity contribution in [2.45, 2.75) is 45.3 Å². The van der Waals surface area contributed by atoms with Gasteiger partial charge in [-0.3, -0.25) is 4.79 Å². The number of ether oxygens (including phenoxy) is 3. The summed E-state index contributed by atoms with van der Waals surface area (Å²) in [4.78, 5) is 13.7. The van der Waals surface area contributed by atoms with Gasteiger partial charge in [0.2, 0.25) is 12.7 Å². The molecule has 2 N–H and O–H groups in total. The van der Waals surface area contributed by atoms with Gasteiger partial charge in [0.15, 0.2) is 11.5 Å². The monoisotopic (exact) mass is 358 g/mol. The lowest BCUT2D eigenvalue weighted by Gasteiger charge is -2.20. The topological polar surface area (TPSA) is 74.0 Å². The lowest BCUT2D eigenvalue weighted by atomic mass is 10.1. The molecule has 0 aromatic heterocycles. The van der Waals surface area contributed by atoms with Crippen molar-refractivity contribution in [2.75, 3.05) is 20.4 Å². The van der Waals surface area contributed by atoms with E-state index in [1.54, 1.807) is 13.1 Å². The second kappa shape index (κ2) is 9.41. The molecular formula is C17H24F2N2O4. The Labute approximate surface area is 145 Å². The Hall–Kier alpha value is -2.09. The lowest BCUT2D eigenvalue weighted by molar-refractivity contribution is -0.130. The van der Waals surface area contributed by atoms with Crippen LogP contribution in [0.2, 0.25) is 0 Å². The number of halogens is 2. The van der Waals surface area contributed by atoms with Crippen LogP contribution in [0, 0.1) is 0 Å². The van der Waals surface area contributed by atoms with Gasteiger partial charge in [0, 0.05) is 31.6 Å². The second-order valence-corrected chi connectivity index (χ2v) is 5.89. The minimum Gasteiger partial charge on any atom is -0.454 e. The zero-order chi connectivity index (χ0) is 18.2. The maximum atomic E-state index is 12.6. The van der Waals surface area contributed by atoms with Gasteiger partial charge in [0.1, 0.15) is 5.75 Å². The molecule has 1 aliphatic heterocycles. The summed E-state index contributed by atoms with van der Waals surface area (Å²) in [7, 11) is 1.64. The summed E-state index contributed by atoms with van der Waals surface area (Å²) in [5, 5.41) is 0. The van der Waals surface area contributed by atoms with Crippen molar-refractivity contribution < 1.29 is 27.8 Å². The number of fused-ring (bicyclic) bond motifs is 1. The van der Waals surface area contributed by atoms with Gasteiger partial charge in [0.05, 0.1) is 0 Å². The third-order valence-corrected chi connectivity index (χ3v) is 3.95. The van der Waals surface area contributed by atoms with E-state index in [1.165, 1.54) is 11.0 Å². The van der Waals surface area contributed by atoms with Gasteiger partial charge < -0.3 is 24.8 Å². The number of nitrogens with two attached hydrogens (primary N) is 1. The van der Waals surface area contributed by atoms with Gasteiger partial charge >= 0.3 is 6.61 Å². The average Bonchev–Trinajstić information content (AvgIpc) is 3.01. The highest BCUT2D eigenvalue weighted by Crippen LogP contribution is 2.39. The molecule has 1 aliphatic rings. The molecule has 140 valence electrons. The van der Waals surface area contributed by atoms with E-state index in [0.29, 0.717) is 30.0 Å². The van der Waals surface area contributed by atoms with Crippen LogP contribution in [-0.2, 0) is 11.3 Å². The van der Waals surface area contributed by atoms with Crippen LogP contribution in [0.3, 0.4) is 0 Å². The molecule has 6 nitrogen and oxygen atoms in total. The van der Waals surface area contributed by atoms with Gasteiger partial charge in [-0.25, -0.2) is 0 Å². The Kier molecular flexibility index (Phi) is 7.24. The van der Waals surface area contributed by atoms with Crippen LogP contribution in [-0.4, -0.2) is 37.8 Å². The molecule has 0 bridgehead atoms. The maximum Gasteiger partial charge on any atom is 0.387 e. The van der Waals surface area contributed by atoms with Crippen molar-refractivity contribution in [3.8, 4) is 17.2 Å². The molecule has 8 heteroatoms. The second-order valence-electron chi connectivity index (χ2n) is 5.89. The van der Waals surface area contributed by atoms with E-state index in [0.717, 1.165) is 25.7 Å². The number of benzene rings is 1. The zero-order valence-electron chi connectivity index (χ0n) is 14.3. The molecule has 0 atom stereocenters. The standard InChI is InChI=1S/C17H24F2N2O4/c1-21(16(22)6-4-2-3-5-7-20)10-12-8-14-15(24-11-23-14)9-13(12)25-17(18)19/h8-9,17H,2-7,10-11,20H2,1H3. The first kappa shape index (κ1) is 19.2. The molecule has 25 heavy (non-hydrogen) atoms. The Morgan fingerprint density at radius 1 is 1.24 bits per heavy atom. The first-order chi connectivity index (χ1) is 12.0. The number of rotatable bonds is 10. The van der Waals surface area contributed by atoms with Gasteiger partial charge in [-0.05, 0) is 25.5 Å². The molecule has 1 heterocycles. The number of amides is 1. The van der Waals surface area contributed by atoms with E-state index in [9.17, 15) is 13.6 Å². The first-order valence-corrected chi connectivity index (χ1v) is 8.32. The first-order valence-electron chi connectivity index (χ1n) is 8.32. The van der Waals surface area contributed by atoms with Crippen LogP contribution < -0.4 is 19.9 Å². The number of nitrogens with zero attached hydrogens (tertiary/aromatic N) is 1. The molecule has 0 radical (unpaired) electrons. The van der Waals surface area contributed by atoms with Gasteiger partial charge in [-0.15, -0.1) is 0 Å². The molecular weight excluding hydrogens is 334 g/mol. The predicted molar refractivity (Wildman–Crippen MR) is 87.8 cm³/mol. The summed E-state index contributed by atoms with van der Waals surface area (Å²) in [5.74, 6) is 0.753. The third-order valence-electron chi connectivity index (χ3n) is 3.95. The number of carbonyl (C=O) groups is 1. The average molecular weight is 358 g/mol. The quantitative estimate of drug-likeness (QED) is 0.651. The Balaban J connectivity index is 1.96. The van der Waals surface area contributed by atoms with Crippen molar-refractivity contribution in [3.05, 3.63) is 17.7 Å². The summed E-state index contributed by atoms with van der Waals surface area (Å²) in [6.45, 7) is -2.11. The molecule has 0 saturated carbocycles. The smallest absolute Gasteiger partial charge is 0.387 e. The van der Waals surface area contributed by atoms with Crippen LogP contribution >= 0.6 is 0 Å². The van der Waals surface area contributed by atoms with E-state index in [-0.39, 0.29) is 25.0 Å². The normalized spacial score (nSPS) is 12.5. The fourth-order valence-electron chi connectivity index (χ4n) is 2.60. The van der Waals surface area contributed by atoms with Crippen molar-refractivity contribution in [1.29, 1.82) is 0 Å². The Bertz CT molecular complexity index is 584.